The minimum atomic E-state index is -0.747. The van der Waals surface area contributed by atoms with Crippen LogP contribution < -0.4 is 5.32 Å². The summed E-state index contributed by atoms with van der Waals surface area (Å²) >= 11 is 0. The third-order valence-corrected chi connectivity index (χ3v) is 5.52. The monoisotopic (exact) mass is 473 g/mol. The predicted octanol–water partition coefficient (Wildman–Crippen LogP) is 3.49. The first-order valence-electron chi connectivity index (χ1n) is 10.5. The highest BCUT2D eigenvalue weighted by Crippen LogP contribution is 2.26. The number of nitrogens with one attached hydrogen (secondary N) is 1. The van der Waals surface area contributed by atoms with E-state index < -0.39 is 23.4 Å². The van der Waals surface area contributed by atoms with Crippen molar-refractivity contribution in [3.05, 3.63) is 105 Å². The van der Waals surface area contributed by atoms with Gasteiger partial charge in [0.15, 0.2) is 6.61 Å². The molecule has 176 valence electrons. The van der Waals surface area contributed by atoms with Crippen LogP contribution in [-0.2, 0) is 16.1 Å². The molecule has 1 heterocycles. The van der Waals surface area contributed by atoms with Crippen LogP contribution in [0.4, 0.5) is 11.4 Å². The summed E-state index contributed by atoms with van der Waals surface area (Å²) in [7, 11) is 0. The Balaban J connectivity index is 1.33. The third kappa shape index (κ3) is 4.76. The van der Waals surface area contributed by atoms with Gasteiger partial charge < -0.3 is 10.1 Å². The summed E-state index contributed by atoms with van der Waals surface area (Å²) in [5.41, 5.74) is 1.92. The molecule has 0 saturated carbocycles. The number of amides is 3. The Morgan fingerprint density at radius 3 is 2.17 bits per heavy atom. The van der Waals surface area contributed by atoms with Crippen LogP contribution in [0.3, 0.4) is 0 Å². The molecule has 35 heavy (non-hydrogen) atoms. The summed E-state index contributed by atoms with van der Waals surface area (Å²) in [4.78, 5) is 61.1. The molecule has 10 heteroatoms. The first-order chi connectivity index (χ1) is 16.8. The second kappa shape index (κ2) is 9.56. The van der Waals surface area contributed by atoms with E-state index in [4.69, 9.17) is 4.74 Å². The molecule has 0 fully saturated rings. The minimum absolute atomic E-state index is 0.0483. The van der Waals surface area contributed by atoms with Crippen molar-refractivity contribution < 1.29 is 28.8 Å². The van der Waals surface area contributed by atoms with Crippen molar-refractivity contribution in [2.45, 2.75) is 13.5 Å². The SMILES string of the molecule is Cc1c(NC(=O)COC(=O)c2ccc(CN3C(=O)c4ccccc4C3=O)cc2)cccc1[N+](=O)[O-]. The van der Waals surface area contributed by atoms with E-state index in [9.17, 15) is 29.3 Å². The van der Waals surface area contributed by atoms with Crippen LogP contribution in [-0.4, -0.2) is 40.1 Å². The number of nitro benzene ring substituents is 1. The molecule has 3 aromatic rings. The smallest absolute Gasteiger partial charge is 0.338 e. The van der Waals surface area contributed by atoms with Gasteiger partial charge in [-0.15, -0.1) is 0 Å². The zero-order chi connectivity index (χ0) is 25.1. The van der Waals surface area contributed by atoms with Crippen molar-refractivity contribution in [2.75, 3.05) is 11.9 Å². The lowest BCUT2D eigenvalue weighted by Gasteiger charge is -2.14. The molecular formula is C25H19N3O7. The molecule has 4 rings (SSSR count). The van der Waals surface area contributed by atoms with E-state index in [1.165, 1.54) is 37.3 Å². The quantitative estimate of drug-likeness (QED) is 0.240. The maximum atomic E-state index is 12.5. The maximum Gasteiger partial charge on any atom is 0.338 e. The van der Waals surface area contributed by atoms with Crippen LogP contribution in [0.25, 0.3) is 0 Å². The second-order valence-corrected chi connectivity index (χ2v) is 7.77. The van der Waals surface area contributed by atoms with E-state index in [2.05, 4.69) is 5.32 Å². The molecule has 0 radical (unpaired) electrons. The van der Waals surface area contributed by atoms with Gasteiger partial charge in [0.1, 0.15) is 0 Å². The molecule has 0 aliphatic carbocycles. The van der Waals surface area contributed by atoms with Crippen molar-refractivity contribution in [3.63, 3.8) is 0 Å². The Bertz CT molecular complexity index is 1330. The fourth-order valence-electron chi connectivity index (χ4n) is 3.67. The Kier molecular flexibility index (Phi) is 6.36. The van der Waals surface area contributed by atoms with E-state index >= 15 is 0 Å². The molecule has 10 nitrogen and oxygen atoms in total. The van der Waals surface area contributed by atoms with Gasteiger partial charge in [0, 0.05) is 6.07 Å². The molecule has 0 atom stereocenters. The fraction of sp³-hybridized carbons (Fsp3) is 0.120. The number of rotatable bonds is 7. The van der Waals surface area contributed by atoms with Gasteiger partial charge in [-0.05, 0) is 42.8 Å². The summed E-state index contributed by atoms with van der Waals surface area (Å²) < 4.78 is 5.03. The van der Waals surface area contributed by atoms with Crippen molar-refractivity contribution in [3.8, 4) is 0 Å². The Morgan fingerprint density at radius 1 is 0.943 bits per heavy atom. The lowest BCUT2D eigenvalue weighted by atomic mass is 10.1. The molecule has 1 aliphatic rings. The van der Waals surface area contributed by atoms with Gasteiger partial charge in [0.2, 0.25) is 0 Å². The van der Waals surface area contributed by atoms with Crippen molar-refractivity contribution in [1.82, 2.24) is 4.90 Å². The minimum Gasteiger partial charge on any atom is -0.452 e. The zero-order valence-corrected chi connectivity index (χ0v) is 18.5. The number of ether oxygens (including phenoxy) is 1. The maximum absolute atomic E-state index is 12.5. The Hall–Kier alpha value is -4.86. The lowest BCUT2D eigenvalue weighted by Crippen LogP contribution is -2.29. The number of esters is 1. The van der Waals surface area contributed by atoms with Crippen molar-refractivity contribution >= 4 is 35.1 Å². The van der Waals surface area contributed by atoms with E-state index in [-0.39, 0.29) is 40.9 Å². The summed E-state index contributed by atoms with van der Waals surface area (Å²) in [6, 6.07) is 17.0. The number of nitro groups is 1. The van der Waals surface area contributed by atoms with Gasteiger partial charge in [-0.3, -0.25) is 29.4 Å². The molecule has 0 spiro atoms. The number of fused-ring (bicyclic) bond motifs is 1. The highest BCUT2D eigenvalue weighted by molar-refractivity contribution is 6.21. The Labute approximate surface area is 199 Å². The number of hydrogen-bond acceptors (Lipinski definition) is 7. The molecule has 1 aliphatic heterocycles. The van der Waals surface area contributed by atoms with Crippen LogP contribution in [0, 0.1) is 17.0 Å². The molecule has 3 amide bonds. The highest BCUT2D eigenvalue weighted by Gasteiger charge is 2.34. The molecule has 1 N–H and O–H groups in total. The largest absolute Gasteiger partial charge is 0.452 e. The number of carbonyl (C=O) groups is 4. The predicted molar refractivity (Wildman–Crippen MR) is 124 cm³/mol. The summed E-state index contributed by atoms with van der Waals surface area (Å²) in [5, 5.41) is 13.5. The van der Waals surface area contributed by atoms with Crippen molar-refractivity contribution in [1.29, 1.82) is 0 Å². The fourth-order valence-corrected chi connectivity index (χ4v) is 3.67. The van der Waals surface area contributed by atoms with Gasteiger partial charge in [-0.25, -0.2) is 4.79 Å². The van der Waals surface area contributed by atoms with Gasteiger partial charge in [0.05, 0.1) is 39.4 Å². The van der Waals surface area contributed by atoms with E-state index in [1.807, 2.05) is 0 Å². The summed E-state index contributed by atoms with van der Waals surface area (Å²) in [5.74, 6) is -2.15. The summed E-state index contributed by atoms with van der Waals surface area (Å²) in [6.45, 7) is 0.966. The van der Waals surface area contributed by atoms with Gasteiger partial charge in [0.25, 0.3) is 23.4 Å². The van der Waals surface area contributed by atoms with E-state index in [0.717, 1.165) is 4.90 Å². The van der Waals surface area contributed by atoms with Crippen LogP contribution >= 0.6 is 0 Å². The number of nitrogens with zero attached hydrogens (tertiary/aromatic N) is 2. The van der Waals surface area contributed by atoms with Gasteiger partial charge >= 0.3 is 5.97 Å². The van der Waals surface area contributed by atoms with E-state index in [0.29, 0.717) is 16.7 Å². The molecular weight excluding hydrogens is 454 g/mol. The highest BCUT2D eigenvalue weighted by atomic mass is 16.6. The number of anilines is 1. The molecule has 0 aromatic heterocycles. The molecule has 0 bridgehead atoms. The zero-order valence-electron chi connectivity index (χ0n) is 18.5. The van der Waals surface area contributed by atoms with Crippen LogP contribution in [0.1, 0.15) is 42.2 Å². The standard InChI is InChI=1S/C25H19N3O7/c1-15-20(7-4-8-21(15)28(33)34)26-22(29)14-35-25(32)17-11-9-16(10-12-17)13-27-23(30)18-5-2-3-6-19(18)24(27)31/h2-12H,13-14H2,1H3,(H,26,29). The molecule has 0 unspecified atom stereocenters. The molecule has 0 saturated heterocycles. The summed E-state index contributed by atoms with van der Waals surface area (Å²) in [6.07, 6.45) is 0. The normalized spacial score (nSPS) is 12.3. The third-order valence-electron chi connectivity index (χ3n) is 5.52. The van der Waals surface area contributed by atoms with Crippen molar-refractivity contribution in [2.24, 2.45) is 0 Å². The number of hydrogen-bond donors (Lipinski definition) is 1. The van der Waals surface area contributed by atoms with E-state index in [1.54, 1.807) is 36.4 Å². The average molecular weight is 473 g/mol. The Morgan fingerprint density at radius 2 is 1.57 bits per heavy atom. The first-order valence-corrected chi connectivity index (χ1v) is 10.5. The lowest BCUT2D eigenvalue weighted by molar-refractivity contribution is -0.385. The number of imide groups is 1. The second-order valence-electron chi connectivity index (χ2n) is 7.77. The molecule has 3 aromatic carbocycles. The number of benzene rings is 3. The van der Waals surface area contributed by atoms with Gasteiger partial charge in [-0.2, -0.15) is 0 Å². The van der Waals surface area contributed by atoms with Crippen LogP contribution in [0.5, 0.6) is 0 Å². The average Bonchev–Trinajstić information content (AvgIpc) is 3.09. The van der Waals surface area contributed by atoms with Crippen LogP contribution in [0.15, 0.2) is 66.7 Å². The first kappa shape index (κ1) is 23.3. The topological polar surface area (TPSA) is 136 Å². The number of carbonyl (C=O) groups excluding carboxylic acids is 4. The van der Waals surface area contributed by atoms with Gasteiger partial charge in [-0.1, -0.05) is 30.3 Å². The van der Waals surface area contributed by atoms with Crippen LogP contribution in [0.2, 0.25) is 0 Å².